The van der Waals surface area contributed by atoms with E-state index < -0.39 is 10.8 Å². The molecule has 2 atom stereocenters. The Hall–Kier alpha value is -2.41. The molecule has 2 aliphatic heterocycles. The highest BCUT2D eigenvalue weighted by Gasteiger charge is 2.33. The van der Waals surface area contributed by atoms with Crippen molar-refractivity contribution in [2.45, 2.75) is 42.2 Å². The number of allylic oxidation sites excluding steroid dienone is 2. The number of rotatable bonds is 3. The first-order chi connectivity index (χ1) is 14.1. The lowest BCUT2D eigenvalue weighted by molar-refractivity contribution is -0.127. The molecule has 0 bridgehead atoms. The van der Waals surface area contributed by atoms with Gasteiger partial charge in [-0.3, -0.25) is 9.00 Å². The number of fused-ring (bicyclic) bond motifs is 2. The van der Waals surface area contributed by atoms with Gasteiger partial charge in [0, 0.05) is 36.5 Å². The van der Waals surface area contributed by atoms with E-state index in [-0.39, 0.29) is 17.1 Å². The first-order valence-corrected chi connectivity index (χ1v) is 11.5. The minimum Gasteiger partial charge on any atom is -0.488 e. The van der Waals surface area contributed by atoms with Crippen LogP contribution in [0.25, 0.3) is 0 Å². The zero-order chi connectivity index (χ0) is 20.0. The van der Waals surface area contributed by atoms with Crippen LogP contribution < -0.4 is 9.64 Å². The molecule has 5 rings (SSSR count). The SMILES string of the molecule is CN1C=C2C=C(N3CCOc4cc(S(=O)C5CCCCC5)cnc43)C=CC2C1=O. The van der Waals surface area contributed by atoms with Gasteiger partial charge in [0.25, 0.3) is 0 Å². The van der Waals surface area contributed by atoms with Gasteiger partial charge in [0.05, 0.1) is 28.2 Å². The highest BCUT2D eigenvalue weighted by molar-refractivity contribution is 7.85. The number of hydrogen-bond donors (Lipinski definition) is 0. The van der Waals surface area contributed by atoms with E-state index in [2.05, 4.69) is 16.0 Å². The predicted molar refractivity (Wildman–Crippen MR) is 112 cm³/mol. The number of ether oxygens (including phenoxy) is 1. The highest BCUT2D eigenvalue weighted by Crippen LogP contribution is 2.38. The van der Waals surface area contributed by atoms with Crippen molar-refractivity contribution in [3.05, 3.63) is 48.0 Å². The number of carbonyl (C=O) groups excluding carboxylic acids is 1. The normalized spacial score (nSPS) is 25.1. The fourth-order valence-corrected chi connectivity index (χ4v) is 6.07. The summed E-state index contributed by atoms with van der Waals surface area (Å²) in [6, 6.07) is 1.90. The molecule has 2 unspecified atom stereocenters. The molecule has 3 heterocycles. The van der Waals surface area contributed by atoms with Crippen molar-refractivity contribution >= 4 is 22.5 Å². The van der Waals surface area contributed by atoms with E-state index in [0.29, 0.717) is 18.9 Å². The van der Waals surface area contributed by atoms with E-state index in [0.717, 1.165) is 47.7 Å². The molecule has 2 aliphatic carbocycles. The number of aromatic nitrogens is 1. The number of pyridine rings is 1. The minimum atomic E-state index is -1.04. The molecule has 1 aromatic rings. The molecular weight excluding hydrogens is 386 g/mol. The second-order valence-corrected chi connectivity index (χ2v) is 9.77. The van der Waals surface area contributed by atoms with E-state index in [1.807, 2.05) is 24.4 Å². The summed E-state index contributed by atoms with van der Waals surface area (Å²) in [4.78, 5) is 21.3. The van der Waals surface area contributed by atoms with Crippen LogP contribution in [0.1, 0.15) is 32.1 Å². The zero-order valence-corrected chi connectivity index (χ0v) is 17.4. The first kappa shape index (κ1) is 18.6. The monoisotopic (exact) mass is 411 g/mol. The van der Waals surface area contributed by atoms with Gasteiger partial charge in [0.2, 0.25) is 5.91 Å². The Morgan fingerprint density at radius 2 is 2.07 bits per heavy atom. The van der Waals surface area contributed by atoms with Crippen molar-refractivity contribution in [3.8, 4) is 5.75 Å². The average molecular weight is 412 g/mol. The topological polar surface area (TPSA) is 62.7 Å². The van der Waals surface area contributed by atoms with Crippen molar-refractivity contribution in [2.24, 2.45) is 5.92 Å². The maximum absolute atomic E-state index is 13.0. The summed E-state index contributed by atoms with van der Waals surface area (Å²) in [5.74, 6) is 1.34. The highest BCUT2D eigenvalue weighted by atomic mass is 32.2. The van der Waals surface area contributed by atoms with Crippen LogP contribution in [0.3, 0.4) is 0 Å². The number of anilines is 1. The molecule has 0 spiro atoms. The number of carbonyl (C=O) groups is 1. The van der Waals surface area contributed by atoms with Crippen molar-refractivity contribution < 1.29 is 13.7 Å². The smallest absolute Gasteiger partial charge is 0.237 e. The summed E-state index contributed by atoms with van der Waals surface area (Å²) in [7, 11) is 0.749. The summed E-state index contributed by atoms with van der Waals surface area (Å²) < 4.78 is 18.9. The Labute approximate surface area is 173 Å². The summed E-state index contributed by atoms with van der Waals surface area (Å²) in [5.41, 5.74) is 1.99. The molecule has 0 N–H and O–H groups in total. The Morgan fingerprint density at radius 3 is 2.90 bits per heavy atom. The summed E-state index contributed by atoms with van der Waals surface area (Å²) in [6.45, 7) is 1.23. The molecule has 1 amide bonds. The zero-order valence-electron chi connectivity index (χ0n) is 16.5. The van der Waals surface area contributed by atoms with Crippen LogP contribution in [-0.2, 0) is 15.6 Å². The molecule has 0 radical (unpaired) electrons. The Balaban J connectivity index is 1.42. The summed E-state index contributed by atoms with van der Waals surface area (Å²) >= 11 is 0. The Morgan fingerprint density at radius 1 is 1.24 bits per heavy atom. The van der Waals surface area contributed by atoms with Gasteiger partial charge in [-0.2, -0.15) is 0 Å². The lowest BCUT2D eigenvalue weighted by Crippen LogP contribution is -2.33. The molecule has 152 valence electrons. The van der Waals surface area contributed by atoms with Gasteiger partial charge in [0.15, 0.2) is 11.6 Å². The quantitative estimate of drug-likeness (QED) is 0.765. The van der Waals surface area contributed by atoms with Gasteiger partial charge < -0.3 is 14.5 Å². The minimum absolute atomic E-state index is 0.0990. The molecule has 1 aromatic heterocycles. The number of amides is 1. The second kappa shape index (κ2) is 7.44. The third kappa shape index (κ3) is 3.31. The summed E-state index contributed by atoms with van der Waals surface area (Å²) in [5, 5.41) is 0.230. The standard InChI is InChI=1S/C22H25N3O3S/c1-24-14-15-11-16(7-8-19(15)22(24)26)25-9-10-28-20-12-18(13-23-21(20)25)29(27)17-5-3-2-4-6-17/h7-8,11-14,17,19H,2-6,9-10H2,1H3. The second-order valence-electron chi connectivity index (χ2n) is 8.03. The van der Waals surface area contributed by atoms with Crippen LogP contribution in [-0.4, -0.2) is 45.4 Å². The largest absolute Gasteiger partial charge is 0.488 e. The van der Waals surface area contributed by atoms with Gasteiger partial charge in [-0.05, 0) is 30.6 Å². The lowest BCUT2D eigenvalue weighted by Gasteiger charge is -2.32. The fraction of sp³-hybridized carbons (Fsp3) is 0.455. The first-order valence-electron chi connectivity index (χ1n) is 10.3. The maximum Gasteiger partial charge on any atom is 0.237 e. The molecule has 4 aliphatic rings. The predicted octanol–water partition coefficient (Wildman–Crippen LogP) is 3.15. The van der Waals surface area contributed by atoms with Crippen LogP contribution in [0.4, 0.5) is 5.82 Å². The molecule has 6 nitrogen and oxygen atoms in total. The average Bonchev–Trinajstić information content (AvgIpc) is 3.06. The van der Waals surface area contributed by atoms with Crippen molar-refractivity contribution in [1.29, 1.82) is 0 Å². The Bertz CT molecular complexity index is 962. The lowest BCUT2D eigenvalue weighted by atomic mass is 9.95. The third-order valence-corrected chi connectivity index (χ3v) is 7.89. The van der Waals surface area contributed by atoms with Crippen molar-refractivity contribution in [3.63, 3.8) is 0 Å². The molecule has 0 aromatic carbocycles. The number of nitrogens with zero attached hydrogens (tertiary/aromatic N) is 3. The van der Waals surface area contributed by atoms with Gasteiger partial charge >= 0.3 is 0 Å². The van der Waals surface area contributed by atoms with Crippen molar-refractivity contribution in [1.82, 2.24) is 9.88 Å². The number of hydrogen-bond acceptors (Lipinski definition) is 5. The molecule has 7 heteroatoms. The van der Waals surface area contributed by atoms with Gasteiger partial charge in [0.1, 0.15) is 6.61 Å². The van der Waals surface area contributed by atoms with E-state index in [9.17, 15) is 9.00 Å². The van der Waals surface area contributed by atoms with Crippen molar-refractivity contribution in [2.75, 3.05) is 25.1 Å². The summed E-state index contributed by atoms with van der Waals surface area (Å²) in [6.07, 6.45) is 15.2. The molecule has 0 saturated heterocycles. The van der Waals surface area contributed by atoms with E-state index in [4.69, 9.17) is 4.74 Å². The van der Waals surface area contributed by atoms with Gasteiger partial charge in [-0.25, -0.2) is 4.98 Å². The van der Waals surface area contributed by atoms with Gasteiger partial charge in [-0.1, -0.05) is 25.3 Å². The maximum atomic E-state index is 13.0. The fourth-order valence-electron chi connectivity index (χ4n) is 4.55. The van der Waals surface area contributed by atoms with E-state index >= 15 is 0 Å². The molecule has 1 fully saturated rings. The van der Waals surface area contributed by atoms with Gasteiger partial charge in [-0.15, -0.1) is 0 Å². The Kier molecular flexibility index (Phi) is 4.78. The third-order valence-electron chi connectivity index (χ3n) is 6.12. The van der Waals surface area contributed by atoms with E-state index in [1.165, 1.54) is 6.42 Å². The van der Waals surface area contributed by atoms with Crippen LogP contribution in [0.15, 0.2) is 52.9 Å². The molecule has 29 heavy (non-hydrogen) atoms. The molecule has 1 saturated carbocycles. The van der Waals surface area contributed by atoms with Crippen LogP contribution in [0.2, 0.25) is 0 Å². The van der Waals surface area contributed by atoms with E-state index in [1.54, 1.807) is 18.1 Å². The van der Waals surface area contributed by atoms with Crippen LogP contribution >= 0.6 is 0 Å². The van der Waals surface area contributed by atoms with Crippen LogP contribution in [0, 0.1) is 5.92 Å². The van der Waals surface area contributed by atoms with Crippen LogP contribution in [0.5, 0.6) is 5.75 Å². The molecular formula is C22H25N3O3S.